The van der Waals surface area contributed by atoms with Crippen LogP contribution < -0.4 is 4.74 Å². The van der Waals surface area contributed by atoms with Gasteiger partial charge in [-0.15, -0.1) is 0 Å². The molecule has 0 amide bonds. The van der Waals surface area contributed by atoms with E-state index in [1.165, 1.54) is 81.2 Å². The molecular formula is C34H49FO3. The molecule has 4 aliphatic carbocycles. The monoisotopic (exact) mass is 524 g/mol. The zero-order chi connectivity index (χ0) is 27.1. The van der Waals surface area contributed by atoms with Crippen LogP contribution >= 0.6 is 0 Å². The van der Waals surface area contributed by atoms with Crippen molar-refractivity contribution < 1.29 is 18.7 Å². The normalized spacial score (nSPS) is 37.0. The van der Waals surface area contributed by atoms with E-state index < -0.39 is 6.16 Å². The standard InChI is InChI=1S/C34H49FO3/c1-22(2)7-6-8-23(3)29-15-16-30-28-14-9-24-21-27(38-32(36)37-26-12-10-25(35)11-13-26)17-19-33(24,4)31(28)18-20-34(29,30)5/h9-13,22-23,27-31H,6-8,14-21H2,1-5H3/t23-,27+,28-,29+,30-,31-,33+,34+/m1/s1. The second-order valence-electron chi connectivity index (χ2n) is 14.1. The number of hydrogen-bond donors (Lipinski definition) is 0. The molecule has 5 rings (SSSR count). The lowest BCUT2D eigenvalue weighted by Crippen LogP contribution is -2.51. The molecule has 0 unspecified atom stereocenters. The second-order valence-corrected chi connectivity index (χ2v) is 14.1. The number of ether oxygens (including phenoxy) is 2. The van der Waals surface area contributed by atoms with Crippen LogP contribution in [0.15, 0.2) is 35.9 Å². The average Bonchev–Trinajstić information content (AvgIpc) is 3.23. The van der Waals surface area contributed by atoms with Gasteiger partial charge >= 0.3 is 6.16 Å². The maximum absolute atomic E-state index is 13.1. The Kier molecular flexibility index (Phi) is 8.00. The van der Waals surface area contributed by atoms with Crippen molar-refractivity contribution in [1.29, 1.82) is 0 Å². The van der Waals surface area contributed by atoms with E-state index in [4.69, 9.17) is 9.47 Å². The van der Waals surface area contributed by atoms with Crippen LogP contribution in [0.4, 0.5) is 9.18 Å². The fourth-order valence-corrected chi connectivity index (χ4v) is 9.51. The van der Waals surface area contributed by atoms with Gasteiger partial charge in [0.1, 0.15) is 17.7 Å². The van der Waals surface area contributed by atoms with E-state index in [2.05, 4.69) is 40.7 Å². The van der Waals surface area contributed by atoms with Crippen molar-refractivity contribution in [2.75, 3.05) is 0 Å². The highest BCUT2D eigenvalue weighted by atomic mass is 19.1. The summed E-state index contributed by atoms with van der Waals surface area (Å²) in [5.74, 6) is 4.91. The van der Waals surface area contributed by atoms with E-state index in [9.17, 15) is 9.18 Å². The Morgan fingerprint density at radius 1 is 1.00 bits per heavy atom. The number of fused-ring (bicyclic) bond motifs is 5. The first kappa shape index (κ1) is 27.7. The van der Waals surface area contributed by atoms with Crippen molar-refractivity contribution in [1.82, 2.24) is 0 Å². The molecule has 38 heavy (non-hydrogen) atoms. The van der Waals surface area contributed by atoms with Crippen LogP contribution in [-0.4, -0.2) is 12.3 Å². The molecule has 0 saturated heterocycles. The third-order valence-corrected chi connectivity index (χ3v) is 11.5. The molecular weight excluding hydrogens is 475 g/mol. The number of hydrogen-bond acceptors (Lipinski definition) is 3. The molecule has 0 bridgehead atoms. The Bertz CT molecular complexity index is 1020. The van der Waals surface area contributed by atoms with Gasteiger partial charge in [-0.3, -0.25) is 0 Å². The van der Waals surface area contributed by atoms with E-state index in [0.29, 0.717) is 11.2 Å². The predicted octanol–water partition coefficient (Wildman–Crippen LogP) is 9.75. The lowest BCUT2D eigenvalue weighted by molar-refractivity contribution is -0.0597. The van der Waals surface area contributed by atoms with Crippen molar-refractivity contribution >= 4 is 6.16 Å². The molecule has 4 heteroatoms. The first-order chi connectivity index (χ1) is 18.1. The summed E-state index contributed by atoms with van der Waals surface area (Å²) < 4.78 is 24.2. The van der Waals surface area contributed by atoms with Crippen LogP contribution in [0.3, 0.4) is 0 Å². The van der Waals surface area contributed by atoms with E-state index in [-0.39, 0.29) is 17.3 Å². The van der Waals surface area contributed by atoms with Crippen molar-refractivity contribution in [3.8, 4) is 5.75 Å². The van der Waals surface area contributed by atoms with Gasteiger partial charge < -0.3 is 9.47 Å². The molecule has 1 aromatic rings. The Hall–Kier alpha value is -1.84. The number of carbonyl (C=O) groups excluding carboxylic acids is 1. The lowest BCUT2D eigenvalue weighted by atomic mass is 9.47. The Balaban J connectivity index is 1.21. The molecule has 3 fully saturated rings. The van der Waals surface area contributed by atoms with Crippen LogP contribution in [0, 0.1) is 52.2 Å². The maximum Gasteiger partial charge on any atom is 0.514 e. The molecule has 4 aliphatic rings. The Labute approximate surface area is 229 Å². The van der Waals surface area contributed by atoms with Gasteiger partial charge in [-0.2, -0.15) is 0 Å². The largest absolute Gasteiger partial charge is 0.514 e. The topological polar surface area (TPSA) is 35.5 Å². The van der Waals surface area contributed by atoms with Crippen LogP contribution in [0.1, 0.15) is 105 Å². The van der Waals surface area contributed by atoms with Gasteiger partial charge in [0.15, 0.2) is 0 Å². The summed E-state index contributed by atoms with van der Waals surface area (Å²) in [6.45, 7) is 12.4. The van der Waals surface area contributed by atoms with Gasteiger partial charge in [-0.05, 0) is 116 Å². The van der Waals surface area contributed by atoms with Crippen molar-refractivity contribution in [3.05, 3.63) is 41.7 Å². The minimum atomic E-state index is -0.688. The minimum absolute atomic E-state index is 0.143. The highest BCUT2D eigenvalue weighted by Gasteiger charge is 2.59. The number of benzene rings is 1. The fourth-order valence-electron chi connectivity index (χ4n) is 9.51. The van der Waals surface area contributed by atoms with Crippen LogP contribution in [-0.2, 0) is 4.74 Å². The number of carbonyl (C=O) groups is 1. The quantitative estimate of drug-likeness (QED) is 0.202. The maximum atomic E-state index is 13.1. The molecule has 3 nitrogen and oxygen atoms in total. The average molecular weight is 525 g/mol. The molecule has 0 radical (unpaired) electrons. The molecule has 210 valence electrons. The highest BCUT2D eigenvalue weighted by Crippen LogP contribution is 2.67. The minimum Gasteiger partial charge on any atom is -0.430 e. The smallest absolute Gasteiger partial charge is 0.430 e. The summed E-state index contributed by atoms with van der Waals surface area (Å²) in [6.07, 6.45) is 15.4. The summed E-state index contributed by atoms with van der Waals surface area (Å²) in [6, 6.07) is 5.48. The van der Waals surface area contributed by atoms with Gasteiger partial charge in [0.2, 0.25) is 0 Å². The third-order valence-electron chi connectivity index (χ3n) is 11.5. The van der Waals surface area contributed by atoms with E-state index in [1.807, 2.05) is 0 Å². The SMILES string of the molecule is CC(C)CCC[C@@H](C)[C@@H]1CC[C@@H]2[C@H]3CC=C4C[C@@H](OC(=O)Oc5ccc(F)cc5)CC[C@]4(C)[C@@H]3CC[C@]21C. The molecule has 0 aliphatic heterocycles. The van der Waals surface area contributed by atoms with Gasteiger partial charge in [-0.1, -0.05) is 65.5 Å². The van der Waals surface area contributed by atoms with Crippen LogP contribution in [0.2, 0.25) is 0 Å². The lowest BCUT2D eigenvalue weighted by Gasteiger charge is -2.58. The first-order valence-electron chi connectivity index (χ1n) is 15.4. The van der Waals surface area contributed by atoms with Crippen LogP contribution in [0.5, 0.6) is 5.75 Å². The van der Waals surface area contributed by atoms with Crippen LogP contribution in [0.25, 0.3) is 0 Å². The van der Waals surface area contributed by atoms with E-state index >= 15 is 0 Å². The summed E-state index contributed by atoms with van der Waals surface area (Å²) in [5.41, 5.74) is 2.24. The molecule has 0 N–H and O–H groups in total. The second kappa shape index (κ2) is 11.0. The summed E-state index contributed by atoms with van der Waals surface area (Å²) in [5, 5.41) is 0. The van der Waals surface area contributed by atoms with Gasteiger partial charge in [0, 0.05) is 6.42 Å². The zero-order valence-electron chi connectivity index (χ0n) is 24.3. The van der Waals surface area contributed by atoms with E-state index in [0.717, 1.165) is 54.8 Å². The Morgan fingerprint density at radius 2 is 1.76 bits per heavy atom. The Morgan fingerprint density at radius 3 is 2.50 bits per heavy atom. The third kappa shape index (κ3) is 5.30. The number of rotatable bonds is 7. The summed E-state index contributed by atoms with van der Waals surface area (Å²) in [4.78, 5) is 12.4. The van der Waals surface area contributed by atoms with Gasteiger partial charge in [-0.25, -0.2) is 9.18 Å². The fraction of sp³-hybridized carbons (Fsp3) is 0.735. The van der Waals surface area contributed by atoms with Crippen molar-refractivity contribution in [3.63, 3.8) is 0 Å². The molecule has 0 heterocycles. The number of allylic oxidation sites excluding steroid dienone is 1. The van der Waals surface area contributed by atoms with Crippen molar-refractivity contribution in [2.45, 2.75) is 111 Å². The molecule has 8 atom stereocenters. The van der Waals surface area contributed by atoms with E-state index in [1.54, 1.807) is 0 Å². The summed E-state index contributed by atoms with van der Waals surface area (Å²) in [7, 11) is 0. The first-order valence-corrected chi connectivity index (χ1v) is 15.4. The molecule has 1 aromatic carbocycles. The zero-order valence-corrected chi connectivity index (χ0v) is 24.3. The van der Waals surface area contributed by atoms with Crippen molar-refractivity contribution in [2.24, 2.45) is 46.3 Å². The highest BCUT2D eigenvalue weighted by molar-refractivity contribution is 5.64. The predicted molar refractivity (Wildman–Crippen MR) is 150 cm³/mol. The molecule has 0 spiro atoms. The number of halogens is 1. The van der Waals surface area contributed by atoms with Gasteiger partial charge in [0.05, 0.1) is 0 Å². The van der Waals surface area contributed by atoms with Gasteiger partial charge in [0.25, 0.3) is 0 Å². The molecule has 0 aromatic heterocycles. The summed E-state index contributed by atoms with van der Waals surface area (Å²) >= 11 is 0. The molecule has 3 saturated carbocycles.